The Morgan fingerprint density at radius 3 is 3.21 bits per heavy atom. The summed E-state index contributed by atoms with van der Waals surface area (Å²) < 4.78 is 7.52. The monoisotopic (exact) mass is 259 g/mol. The van der Waals surface area contributed by atoms with E-state index in [1.165, 1.54) is 23.9 Å². The van der Waals surface area contributed by atoms with Crippen LogP contribution in [0.3, 0.4) is 0 Å². The molecule has 19 heavy (non-hydrogen) atoms. The van der Waals surface area contributed by atoms with E-state index in [0.29, 0.717) is 0 Å². The Kier molecular flexibility index (Phi) is 4.10. The van der Waals surface area contributed by atoms with E-state index in [9.17, 15) is 0 Å². The quantitative estimate of drug-likeness (QED) is 0.739. The highest BCUT2D eigenvalue weighted by molar-refractivity contribution is 5.53. The SMILES string of the molecule is c1ccn2ncc(CNCCCOCC3CC3)c2c1. The molecule has 0 spiro atoms. The van der Waals surface area contributed by atoms with Crippen LogP contribution in [0.25, 0.3) is 5.52 Å². The molecule has 0 bridgehead atoms. The zero-order chi connectivity index (χ0) is 12.9. The van der Waals surface area contributed by atoms with E-state index in [4.69, 9.17) is 4.74 Å². The maximum atomic E-state index is 5.61. The van der Waals surface area contributed by atoms with Gasteiger partial charge >= 0.3 is 0 Å². The topological polar surface area (TPSA) is 38.6 Å². The number of hydrogen-bond acceptors (Lipinski definition) is 3. The molecule has 1 aliphatic rings. The average molecular weight is 259 g/mol. The number of ether oxygens (including phenoxy) is 1. The minimum atomic E-state index is 0.867. The summed E-state index contributed by atoms with van der Waals surface area (Å²) in [5.41, 5.74) is 2.43. The lowest BCUT2D eigenvalue weighted by molar-refractivity contribution is 0.122. The molecule has 2 heterocycles. The predicted molar refractivity (Wildman–Crippen MR) is 75.1 cm³/mol. The third kappa shape index (κ3) is 3.55. The van der Waals surface area contributed by atoms with E-state index >= 15 is 0 Å². The van der Waals surface area contributed by atoms with Gasteiger partial charge < -0.3 is 10.1 Å². The fourth-order valence-electron chi connectivity index (χ4n) is 2.18. The number of rotatable bonds is 8. The van der Waals surface area contributed by atoms with Gasteiger partial charge in [-0.1, -0.05) is 6.07 Å². The van der Waals surface area contributed by atoms with Crippen molar-refractivity contribution in [1.82, 2.24) is 14.9 Å². The summed E-state index contributed by atoms with van der Waals surface area (Å²) in [5, 5.41) is 7.78. The number of nitrogens with zero attached hydrogens (tertiary/aromatic N) is 2. The fraction of sp³-hybridized carbons (Fsp3) is 0.533. The molecule has 1 saturated carbocycles. The minimum absolute atomic E-state index is 0.867. The van der Waals surface area contributed by atoms with E-state index in [0.717, 1.165) is 38.6 Å². The first-order valence-electron chi connectivity index (χ1n) is 7.13. The van der Waals surface area contributed by atoms with Gasteiger partial charge in [0, 0.05) is 31.5 Å². The first-order chi connectivity index (χ1) is 9.43. The van der Waals surface area contributed by atoms with Gasteiger partial charge in [0.1, 0.15) is 0 Å². The van der Waals surface area contributed by atoms with Crippen LogP contribution in [0, 0.1) is 5.92 Å². The standard InChI is InChI=1S/C15H21N3O/c1-2-8-18-15(4-1)14(11-17-18)10-16-7-3-9-19-12-13-5-6-13/h1-2,4,8,11,13,16H,3,5-7,9-10,12H2. The molecule has 0 atom stereocenters. The van der Waals surface area contributed by atoms with Gasteiger partial charge in [0.15, 0.2) is 0 Å². The maximum Gasteiger partial charge on any atom is 0.0706 e. The molecule has 2 aromatic rings. The average Bonchev–Trinajstić information content (AvgIpc) is 3.18. The summed E-state index contributed by atoms with van der Waals surface area (Å²) in [6, 6.07) is 6.14. The molecule has 0 unspecified atom stereocenters. The van der Waals surface area contributed by atoms with Gasteiger partial charge in [-0.2, -0.15) is 5.10 Å². The lowest BCUT2D eigenvalue weighted by Crippen LogP contribution is -2.16. The lowest BCUT2D eigenvalue weighted by atomic mass is 10.2. The van der Waals surface area contributed by atoms with Gasteiger partial charge in [-0.15, -0.1) is 0 Å². The van der Waals surface area contributed by atoms with Crippen molar-refractivity contribution in [1.29, 1.82) is 0 Å². The molecule has 1 N–H and O–H groups in total. The Bertz CT molecular complexity index is 519. The largest absolute Gasteiger partial charge is 0.381 e. The number of hydrogen-bond donors (Lipinski definition) is 1. The van der Waals surface area contributed by atoms with Crippen molar-refractivity contribution < 1.29 is 4.74 Å². The van der Waals surface area contributed by atoms with Gasteiger partial charge in [-0.3, -0.25) is 0 Å². The zero-order valence-electron chi connectivity index (χ0n) is 11.2. The van der Waals surface area contributed by atoms with Crippen molar-refractivity contribution in [3.05, 3.63) is 36.2 Å². The van der Waals surface area contributed by atoms with Crippen LogP contribution in [0.4, 0.5) is 0 Å². The molecule has 0 aliphatic heterocycles. The van der Waals surface area contributed by atoms with Crippen molar-refractivity contribution >= 4 is 5.52 Å². The molecule has 4 nitrogen and oxygen atoms in total. The highest BCUT2D eigenvalue weighted by atomic mass is 16.5. The van der Waals surface area contributed by atoms with Crippen LogP contribution in [-0.2, 0) is 11.3 Å². The number of nitrogens with one attached hydrogen (secondary N) is 1. The van der Waals surface area contributed by atoms with Crippen molar-refractivity contribution in [2.24, 2.45) is 5.92 Å². The second-order valence-corrected chi connectivity index (χ2v) is 5.25. The molecule has 1 aliphatic carbocycles. The third-order valence-electron chi connectivity index (χ3n) is 3.51. The van der Waals surface area contributed by atoms with Crippen molar-refractivity contribution in [2.75, 3.05) is 19.8 Å². The normalized spacial score (nSPS) is 15.2. The van der Waals surface area contributed by atoms with Gasteiger partial charge in [0.25, 0.3) is 0 Å². The Morgan fingerprint density at radius 1 is 1.37 bits per heavy atom. The smallest absolute Gasteiger partial charge is 0.0706 e. The van der Waals surface area contributed by atoms with E-state index in [1.807, 2.05) is 29.0 Å². The molecule has 4 heteroatoms. The van der Waals surface area contributed by atoms with E-state index in [-0.39, 0.29) is 0 Å². The number of aromatic nitrogens is 2. The lowest BCUT2D eigenvalue weighted by Gasteiger charge is -2.05. The van der Waals surface area contributed by atoms with Crippen LogP contribution in [0.1, 0.15) is 24.8 Å². The molecule has 0 saturated heterocycles. The van der Waals surface area contributed by atoms with Crippen LogP contribution < -0.4 is 5.32 Å². The Hall–Kier alpha value is -1.39. The number of pyridine rings is 1. The summed E-state index contributed by atoms with van der Waals surface area (Å²) in [6.07, 6.45) is 7.72. The van der Waals surface area contributed by atoms with Gasteiger partial charge in [-0.25, -0.2) is 4.52 Å². The molecule has 0 radical (unpaired) electrons. The van der Waals surface area contributed by atoms with Crippen LogP contribution in [-0.4, -0.2) is 29.4 Å². The van der Waals surface area contributed by atoms with Crippen molar-refractivity contribution in [2.45, 2.75) is 25.8 Å². The van der Waals surface area contributed by atoms with Crippen molar-refractivity contribution in [3.8, 4) is 0 Å². The molecular weight excluding hydrogens is 238 g/mol. The molecule has 102 valence electrons. The van der Waals surface area contributed by atoms with Crippen LogP contribution in [0.5, 0.6) is 0 Å². The summed E-state index contributed by atoms with van der Waals surface area (Å²) in [6.45, 7) is 3.71. The zero-order valence-corrected chi connectivity index (χ0v) is 11.2. The first-order valence-corrected chi connectivity index (χ1v) is 7.13. The Balaban J connectivity index is 1.35. The minimum Gasteiger partial charge on any atom is -0.381 e. The van der Waals surface area contributed by atoms with Crippen molar-refractivity contribution in [3.63, 3.8) is 0 Å². The molecule has 3 rings (SSSR count). The van der Waals surface area contributed by atoms with E-state index in [2.05, 4.69) is 16.5 Å². The summed E-state index contributed by atoms with van der Waals surface area (Å²) in [7, 11) is 0. The summed E-state index contributed by atoms with van der Waals surface area (Å²) >= 11 is 0. The van der Waals surface area contributed by atoms with Gasteiger partial charge in [0.2, 0.25) is 0 Å². The van der Waals surface area contributed by atoms with Crippen LogP contribution in [0.2, 0.25) is 0 Å². The molecule has 1 fully saturated rings. The molecule has 0 aromatic carbocycles. The highest BCUT2D eigenvalue weighted by Crippen LogP contribution is 2.28. The van der Waals surface area contributed by atoms with Gasteiger partial charge in [0.05, 0.1) is 11.7 Å². The predicted octanol–water partition coefficient (Wildman–Crippen LogP) is 2.24. The molecular formula is C15H21N3O. The first kappa shape index (κ1) is 12.6. The summed E-state index contributed by atoms with van der Waals surface area (Å²) in [5.74, 6) is 0.867. The van der Waals surface area contributed by atoms with E-state index < -0.39 is 0 Å². The third-order valence-corrected chi connectivity index (χ3v) is 3.51. The second-order valence-electron chi connectivity index (χ2n) is 5.25. The Labute approximate surface area is 113 Å². The maximum absolute atomic E-state index is 5.61. The molecule has 2 aromatic heterocycles. The Morgan fingerprint density at radius 2 is 2.32 bits per heavy atom. The molecule has 0 amide bonds. The van der Waals surface area contributed by atoms with Crippen LogP contribution in [0.15, 0.2) is 30.6 Å². The fourth-order valence-corrected chi connectivity index (χ4v) is 2.18. The van der Waals surface area contributed by atoms with Crippen LogP contribution >= 0.6 is 0 Å². The highest BCUT2D eigenvalue weighted by Gasteiger charge is 2.20. The van der Waals surface area contributed by atoms with E-state index in [1.54, 1.807) is 0 Å². The summed E-state index contributed by atoms with van der Waals surface area (Å²) in [4.78, 5) is 0. The second kappa shape index (κ2) is 6.17. The number of fused-ring (bicyclic) bond motifs is 1. The van der Waals surface area contributed by atoms with Gasteiger partial charge in [-0.05, 0) is 43.9 Å².